The molecule has 1 atom stereocenters. The van der Waals surface area contributed by atoms with E-state index >= 15 is 0 Å². The monoisotopic (exact) mass is 252 g/mol. The van der Waals surface area contributed by atoms with Gasteiger partial charge in [0, 0.05) is 16.8 Å². The van der Waals surface area contributed by atoms with Crippen LogP contribution in [0.5, 0.6) is 0 Å². The summed E-state index contributed by atoms with van der Waals surface area (Å²) in [7, 11) is 0. The van der Waals surface area contributed by atoms with E-state index < -0.39 is 11.9 Å². The second-order valence-corrected chi connectivity index (χ2v) is 4.02. The lowest BCUT2D eigenvalue weighted by Gasteiger charge is -2.13. The number of rotatable bonds is 2. The fourth-order valence-corrected chi connectivity index (χ4v) is 1.80. The van der Waals surface area contributed by atoms with E-state index in [0.29, 0.717) is 11.1 Å². The van der Waals surface area contributed by atoms with Crippen molar-refractivity contribution < 1.29 is 9.50 Å². The van der Waals surface area contributed by atoms with Crippen LogP contribution < -0.4 is 5.73 Å². The molecule has 0 aliphatic carbocycles. The number of anilines is 1. The smallest absolute Gasteiger partial charge is 0.129 e. The van der Waals surface area contributed by atoms with E-state index in [9.17, 15) is 9.50 Å². The van der Waals surface area contributed by atoms with Crippen LogP contribution in [-0.4, -0.2) is 10.1 Å². The van der Waals surface area contributed by atoms with Crippen molar-refractivity contribution in [3.05, 3.63) is 58.5 Å². The predicted octanol–water partition coefficient (Wildman–Crippen LogP) is 2.54. The molecule has 0 radical (unpaired) electrons. The Kier molecular flexibility index (Phi) is 3.26. The van der Waals surface area contributed by atoms with Gasteiger partial charge in [0.1, 0.15) is 17.7 Å². The third kappa shape index (κ3) is 2.54. The standard InChI is InChI=1S/C12H10ClFN2O/c13-8-4-7(5-9(14)6-8)11(17)10-2-1-3-16-12(10)15/h1-6,11,17H,(H2,15,16). The van der Waals surface area contributed by atoms with Crippen molar-refractivity contribution in [2.75, 3.05) is 5.73 Å². The lowest BCUT2D eigenvalue weighted by atomic mass is 10.0. The lowest BCUT2D eigenvalue weighted by Crippen LogP contribution is -2.05. The number of aliphatic hydroxyl groups is 1. The summed E-state index contributed by atoms with van der Waals surface area (Å²) in [5.74, 6) is -0.297. The highest BCUT2D eigenvalue weighted by atomic mass is 35.5. The number of hydrogen-bond acceptors (Lipinski definition) is 3. The highest BCUT2D eigenvalue weighted by Gasteiger charge is 2.15. The van der Waals surface area contributed by atoms with Gasteiger partial charge < -0.3 is 10.8 Å². The summed E-state index contributed by atoms with van der Waals surface area (Å²) in [6.07, 6.45) is 0.473. The Labute approximate surface area is 103 Å². The van der Waals surface area contributed by atoms with Crippen LogP contribution in [0.2, 0.25) is 5.02 Å². The summed E-state index contributed by atoms with van der Waals surface area (Å²) < 4.78 is 13.2. The Morgan fingerprint density at radius 3 is 2.76 bits per heavy atom. The van der Waals surface area contributed by atoms with Crippen LogP contribution in [0.4, 0.5) is 10.2 Å². The molecule has 1 unspecified atom stereocenters. The fourth-order valence-electron chi connectivity index (χ4n) is 1.57. The van der Waals surface area contributed by atoms with Crippen molar-refractivity contribution in [3.8, 4) is 0 Å². The zero-order chi connectivity index (χ0) is 12.4. The molecular weight excluding hydrogens is 243 g/mol. The zero-order valence-electron chi connectivity index (χ0n) is 8.77. The number of nitrogen functional groups attached to an aromatic ring is 1. The van der Waals surface area contributed by atoms with Crippen molar-refractivity contribution in [1.29, 1.82) is 0 Å². The Morgan fingerprint density at radius 1 is 1.35 bits per heavy atom. The van der Waals surface area contributed by atoms with Gasteiger partial charge in [0.2, 0.25) is 0 Å². The number of nitrogens with two attached hydrogens (primary N) is 1. The fraction of sp³-hybridized carbons (Fsp3) is 0.0833. The third-order valence-corrected chi connectivity index (χ3v) is 2.58. The second kappa shape index (κ2) is 4.69. The van der Waals surface area contributed by atoms with E-state index in [2.05, 4.69) is 4.98 Å². The largest absolute Gasteiger partial charge is 0.384 e. The molecule has 3 N–H and O–H groups in total. The van der Waals surface area contributed by atoms with Crippen molar-refractivity contribution in [2.24, 2.45) is 0 Å². The second-order valence-electron chi connectivity index (χ2n) is 3.58. The van der Waals surface area contributed by atoms with Gasteiger partial charge in [0.05, 0.1) is 0 Å². The maximum absolute atomic E-state index is 13.2. The number of benzene rings is 1. The van der Waals surface area contributed by atoms with Crippen LogP contribution in [-0.2, 0) is 0 Å². The Morgan fingerprint density at radius 2 is 2.12 bits per heavy atom. The van der Waals surface area contributed by atoms with Gasteiger partial charge >= 0.3 is 0 Å². The van der Waals surface area contributed by atoms with Crippen molar-refractivity contribution in [2.45, 2.75) is 6.10 Å². The van der Waals surface area contributed by atoms with Crippen molar-refractivity contribution in [3.63, 3.8) is 0 Å². The lowest BCUT2D eigenvalue weighted by molar-refractivity contribution is 0.220. The van der Waals surface area contributed by atoms with Gasteiger partial charge in [-0.1, -0.05) is 17.7 Å². The normalized spacial score (nSPS) is 12.4. The van der Waals surface area contributed by atoms with Gasteiger partial charge in [-0.3, -0.25) is 0 Å². The molecule has 1 aromatic heterocycles. The van der Waals surface area contributed by atoms with Crippen molar-refractivity contribution >= 4 is 17.4 Å². The van der Waals surface area contributed by atoms with Crippen molar-refractivity contribution in [1.82, 2.24) is 4.98 Å². The summed E-state index contributed by atoms with van der Waals surface area (Å²) in [6.45, 7) is 0. The summed E-state index contributed by atoms with van der Waals surface area (Å²) in [4.78, 5) is 3.86. The zero-order valence-corrected chi connectivity index (χ0v) is 9.53. The molecule has 17 heavy (non-hydrogen) atoms. The summed E-state index contributed by atoms with van der Waals surface area (Å²) in [5, 5.41) is 10.3. The topological polar surface area (TPSA) is 59.1 Å². The number of halogens is 2. The summed E-state index contributed by atoms with van der Waals surface area (Å²) >= 11 is 5.72. The molecule has 5 heteroatoms. The Bertz CT molecular complexity index is 528. The van der Waals surface area contributed by atoms with E-state index in [0.717, 1.165) is 0 Å². The molecule has 0 saturated carbocycles. The third-order valence-electron chi connectivity index (χ3n) is 2.37. The highest BCUT2D eigenvalue weighted by Crippen LogP contribution is 2.27. The minimum Gasteiger partial charge on any atom is -0.384 e. The van der Waals surface area contributed by atoms with Crippen LogP contribution >= 0.6 is 11.6 Å². The van der Waals surface area contributed by atoms with E-state index in [1.807, 2.05) is 0 Å². The van der Waals surface area contributed by atoms with Gasteiger partial charge in [-0.15, -0.1) is 0 Å². The first-order chi connectivity index (χ1) is 8.08. The van der Waals surface area contributed by atoms with Crippen LogP contribution in [0, 0.1) is 5.82 Å². The highest BCUT2D eigenvalue weighted by molar-refractivity contribution is 6.30. The quantitative estimate of drug-likeness (QED) is 0.864. The number of pyridine rings is 1. The first-order valence-electron chi connectivity index (χ1n) is 4.92. The average Bonchev–Trinajstić information content (AvgIpc) is 2.27. The van der Waals surface area contributed by atoms with E-state index in [1.165, 1.54) is 24.4 Å². The molecule has 0 bridgehead atoms. The number of aliphatic hydroxyl groups excluding tert-OH is 1. The molecular formula is C12H10ClFN2O. The number of hydrogen-bond donors (Lipinski definition) is 2. The number of aromatic nitrogens is 1. The van der Waals surface area contributed by atoms with Crippen LogP contribution in [0.15, 0.2) is 36.5 Å². The maximum atomic E-state index is 13.2. The molecule has 0 fully saturated rings. The van der Waals surface area contributed by atoms with Gasteiger partial charge in [-0.05, 0) is 29.8 Å². The molecule has 3 nitrogen and oxygen atoms in total. The molecule has 0 saturated heterocycles. The summed E-state index contributed by atoms with van der Waals surface area (Å²) in [5.41, 5.74) is 6.40. The first-order valence-corrected chi connectivity index (χ1v) is 5.30. The predicted molar refractivity (Wildman–Crippen MR) is 64.1 cm³/mol. The van der Waals surface area contributed by atoms with Gasteiger partial charge in [0.25, 0.3) is 0 Å². The molecule has 2 rings (SSSR count). The van der Waals surface area contributed by atoms with Crippen LogP contribution in [0.3, 0.4) is 0 Å². The molecule has 1 heterocycles. The minimum absolute atomic E-state index is 0.209. The average molecular weight is 253 g/mol. The molecule has 1 aromatic carbocycles. The maximum Gasteiger partial charge on any atom is 0.129 e. The van der Waals surface area contributed by atoms with Crippen LogP contribution in [0.1, 0.15) is 17.2 Å². The van der Waals surface area contributed by atoms with E-state index in [1.54, 1.807) is 12.1 Å². The molecule has 88 valence electrons. The molecule has 0 amide bonds. The first kappa shape index (κ1) is 11.8. The number of nitrogens with zero attached hydrogens (tertiary/aromatic N) is 1. The van der Waals surface area contributed by atoms with Crippen LogP contribution in [0.25, 0.3) is 0 Å². The van der Waals surface area contributed by atoms with Gasteiger partial charge in [-0.2, -0.15) is 0 Å². The van der Waals surface area contributed by atoms with Gasteiger partial charge in [-0.25, -0.2) is 9.37 Å². The Balaban J connectivity index is 2.43. The molecule has 0 spiro atoms. The molecule has 2 aromatic rings. The molecule has 0 aliphatic rings. The minimum atomic E-state index is -1.04. The SMILES string of the molecule is Nc1ncccc1C(O)c1cc(F)cc(Cl)c1. The van der Waals surface area contributed by atoms with Gasteiger partial charge in [0.15, 0.2) is 0 Å². The van der Waals surface area contributed by atoms with E-state index in [4.69, 9.17) is 17.3 Å². The molecule has 0 aliphatic heterocycles. The Hall–Kier alpha value is -1.65. The summed E-state index contributed by atoms with van der Waals surface area (Å²) in [6, 6.07) is 7.15. The van der Waals surface area contributed by atoms with E-state index in [-0.39, 0.29) is 10.8 Å².